The molecule has 0 atom stereocenters. The lowest BCUT2D eigenvalue weighted by atomic mass is 10.1. The molecule has 2 aromatic rings. The van der Waals surface area contributed by atoms with Crippen LogP contribution >= 0.6 is 24.0 Å². The Morgan fingerprint density at radius 2 is 1.77 bits per heavy atom. The van der Waals surface area contributed by atoms with Gasteiger partial charge in [-0.2, -0.15) is 0 Å². The van der Waals surface area contributed by atoms with Crippen molar-refractivity contribution >= 4 is 35.8 Å². The lowest BCUT2D eigenvalue weighted by molar-refractivity contribution is -0.127. The Hall–Kier alpha value is -2.69. The first-order valence-corrected chi connectivity index (χ1v) is 9.79. The van der Waals surface area contributed by atoms with Crippen molar-refractivity contribution in [3.05, 3.63) is 53.6 Å². The van der Waals surface area contributed by atoms with E-state index >= 15 is 0 Å². The summed E-state index contributed by atoms with van der Waals surface area (Å²) in [6, 6.07) is 13.7. The summed E-state index contributed by atoms with van der Waals surface area (Å²) in [6.07, 6.45) is 0.779. The van der Waals surface area contributed by atoms with E-state index in [2.05, 4.69) is 15.6 Å². The molecule has 0 aliphatic carbocycles. The first-order chi connectivity index (χ1) is 14.5. The monoisotopic (exact) mass is 540 g/mol. The Morgan fingerprint density at radius 3 is 2.48 bits per heavy atom. The number of nitrogens with one attached hydrogen (secondary N) is 2. The van der Waals surface area contributed by atoms with Gasteiger partial charge in [-0.1, -0.05) is 18.2 Å². The maximum atomic E-state index is 11.9. The molecule has 1 aliphatic rings. The van der Waals surface area contributed by atoms with E-state index in [1.807, 2.05) is 42.5 Å². The summed E-state index contributed by atoms with van der Waals surface area (Å²) in [5, 5.41) is 6.39. The van der Waals surface area contributed by atoms with Crippen molar-refractivity contribution in [3.63, 3.8) is 0 Å². The van der Waals surface area contributed by atoms with Gasteiger partial charge in [0.15, 0.2) is 17.5 Å². The van der Waals surface area contributed by atoms with Gasteiger partial charge in [0.1, 0.15) is 5.75 Å². The van der Waals surface area contributed by atoms with Crippen molar-refractivity contribution in [2.24, 2.45) is 4.99 Å². The van der Waals surface area contributed by atoms with Crippen LogP contribution in [-0.2, 0) is 17.8 Å². The highest BCUT2D eigenvalue weighted by Crippen LogP contribution is 2.32. The van der Waals surface area contributed by atoms with E-state index in [1.54, 1.807) is 26.1 Å². The summed E-state index contributed by atoms with van der Waals surface area (Å²) in [4.78, 5) is 18.1. The van der Waals surface area contributed by atoms with E-state index in [4.69, 9.17) is 14.2 Å². The van der Waals surface area contributed by atoms with E-state index in [0.29, 0.717) is 19.0 Å². The van der Waals surface area contributed by atoms with Crippen LogP contribution in [-0.4, -0.2) is 57.9 Å². The van der Waals surface area contributed by atoms with Crippen molar-refractivity contribution < 1.29 is 19.0 Å². The second kappa shape index (κ2) is 12.2. The average Bonchev–Trinajstić information content (AvgIpc) is 3.23. The van der Waals surface area contributed by atoms with Gasteiger partial charge in [0, 0.05) is 20.6 Å². The highest BCUT2D eigenvalue weighted by atomic mass is 127. The number of amides is 1. The molecule has 9 heteroatoms. The van der Waals surface area contributed by atoms with Gasteiger partial charge in [0.25, 0.3) is 0 Å². The third kappa shape index (κ3) is 7.50. The van der Waals surface area contributed by atoms with Gasteiger partial charge in [-0.3, -0.25) is 4.79 Å². The molecule has 0 unspecified atom stereocenters. The lowest BCUT2D eigenvalue weighted by Gasteiger charge is -2.15. The molecule has 3 rings (SSSR count). The molecule has 2 aromatic carbocycles. The minimum Gasteiger partial charge on any atom is -0.497 e. The zero-order chi connectivity index (χ0) is 21.3. The predicted octanol–water partition coefficient (Wildman–Crippen LogP) is 2.41. The second-order valence-electron chi connectivity index (χ2n) is 7.02. The molecular formula is C22H29IN4O4. The van der Waals surface area contributed by atoms with Gasteiger partial charge in [0.2, 0.25) is 12.7 Å². The smallest absolute Gasteiger partial charge is 0.241 e. The number of aliphatic imine (C=N–C) groups is 1. The minimum absolute atomic E-state index is 0. The van der Waals surface area contributed by atoms with Crippen molar-refractivity contribution in [1.29, 1.82) is 0 Å². The van der Waals surface area contributed by atoms with E-state index in [1.165, 1.54) is 0 Å². The third-order valence-electron chi connectivity index (χ3n) is 4.63. The van der Waals surface area contributed by atoms with Crippen molar-refractivity contribution in [2.45, 2.75) is 13.0 Å². The third-order valence-corrected chi connectivity index (χ3v) is 4.63. The van der Waals surface area contributed by atoms with Crippen LogP contribution in [0.25, 0.3) is 0 Å². The Bertz CT molecular complexity index is 888. The summed E-state index contributed by atoms with van der Waals surface area (Å²) in [5.41, 5.74) is 2.18. The van der Waals surface area contributed by atoms with E-state index in [9.17, 15) is 4.79 Å². The standard InChI is InChI=1S/C22H28N4O4.HI/c1-26(2)21(27)14-25-22(24-13-17-4-7-18(28-3)8-5-17)23-11-10-16-6-9-19-20(12-16)30-15-29-19;/h4-9,12H,10-11,13-15H2,1-3H3,(H2,23,24,25);1H. The molecule has 0 saturated carbocycles. The molecule has 0 spiro atoms. The Kier molecular flexibility index (Phi) is 9.70. The molecule has 168 valence electrons. The molecule has 2 N–H and O–H groups in total. The van der Waals surface area contributed by atoms with E-state index in [0.717, 1.165) is 34.8 Å². The summed E-state index contributed by atoms with van der Waals surface area (Å²) >= 11 is 0. The fraction of sp³-hybridized carbons (Fsp3) is 0.364. The summed E-state index contributed by atoms with van der Waals surface area (Å²) in [6.45, 7) is 1.58. The Balaban J connectivity index is 0.00000341. The second-order valence-corrected chi connectivity index (χ2v) is 7.02. The van der Waals surface area contributed by atoms with Crippen molar-refractivity contribution in [3.8, 4) is 17.2 Å². The molecule has 0 bridgehead atoms. The van der Waals surface area contributed by atoms with Gasteiger partial charge < -0.3 is 29.7 Å². The molecule has 1 heterocycles. The first kappa shape index (κ1) is 24.6. The molecule has 0 fully saturated rings. The number of likely N-dealkylation sites (N-methyl/N-ethyl adjacent to an activating group) is 1. The van der Waals surface area contributed by atoms with Crippen LogP contribution in [0.1, 0.15) is 11.1 Å². The fourth-order valence-electron chi connectivity index (χ4n) is 2.81. The van der Waals surface area contributed by atoms with Crippen molar-refractivity contribution in [2.75, 3.05) is 41.1 Å². The number of rotatable bonds is 8. The summed E-state index contributed by atoms with van der Waals surface area (Å²) < 4.78 is 16.0. The average molecular weight is 540 g/mol. The summed E-state index contributed by atoms with van der Waals surface area (Å²) in [7, 11) is 5.09. The molecular weight excluding hydrogens is 511 g/mol. The molecule has 8 nitrogen and oxygen atoms in total. The number of halogens is 1. The molecule has 0 saturated heterocycles. The molecule has 0 radical (unpaired) electrons. The SMILES string of the molecule is COc1ccc(CN=C(NCCc2ccc3c(c2)OCO3)NCC(=O)N(C)C)cc1.I. The maximum absolute atomic E-state index is 11.9. The van der Waals surface area contributed by atoms with Gasteiger partial charge in [-0.15, -0.1) is 24.0 Å². The van der Waals surface area contributed by atoms with Crippen LogP contribution in [0.2, 0.25) is 0 Å². The number of guanidine groups is 1. The fourth-order valence-corrected chi connectivity index (χ4v) is 2.81. The van der Waals surface area contributed by atoms with Crippen LogP contribution in [0.4, 0.5) is 0 Å². The Labute approximate surface area is 200 Å². The Morgan fingerprint density at radius 1 is 1.06 bits per heavy atom. The largest absolute Gasteiger partial charge is 0.497 e. The lowest BCUT2D eigenvalue weighted by Crippen LogP contribution is -2.43. The molecule has 1 amide bonds. The summed E-state index contributed by atoms with van der Waals surface area (Å²) in [5.74, 6) is 2.92. The quantitative estimate of drug-likeness (QED) is 0.304. The predicted molar refractivity (Wildman–Crippen MR) is 131 cm³/mol. The van der Waals surface area contributed by atoms with E-state index < -0.39 is 0 Å². The number of ether oxygens (including phenoxy) is 3. The topological polar surface area (TPSA) is 84.4 Å². The molecule has 0 aromatic heterocycles. The normalized spacial score (nSPS) is 12.0. The van der Waals surface area contributed by atoms with Gasteiger partial charge in [0.05, 0.1) is 20.2 Å². The van der Waals surface area contributed by atoms with Gasteiger partial charge in [-0.25, -0.2) is 4.99 Å². The number of nitrogens with zero attached hydrogens (tertiary/aromatic N) is 2. The highest BCUT2D eigenvalue weighted by molar-refractivity contribution is 14.0. The van der Waals surface area contributed by atoms with Crippen LogP contribution in [0.15, 0.2) is 47.5 Å². The number of hydrogen-bond acceptors (Lipinski definition) is 5. The van der Waals surface area contributed by atoms with E-state index in [-0.39, 0.29) is 43.2 Å². The zero-order valence-electron chi connectivity index (χ0n) is 18.0. The highest BCUT2D eigenvalue weighted by Gasteiger charge is 2.13. The number of methoxy groups -OCH3 is 1. The number of benzene rings is 2. The molecule has 31 heavy (non-hydrogen) atoms. The van der Waals surface area contributed by atoms with Crippen LogP contribution in [0, 0.1) is 0 Å². The minimum atomic E-state index is -0.0234. The number of carbonyl (C=O) groups excluding carboxylic acids is 1. The van der Waals surface area contributed by atoms with Crippen LogP contribution < -0.4 is 24.8 Å². The zero-order valence-corrected chi connectivity index (χ0v) is 20.3. The number of hydrogen-bond donors (Lipinski definition) is 2. The molecule has 1 aliphatic heterocycles. The van der Waals surface area contributed by atoms with Crippen LogP contribution in [0.5, 0.6) is 17.2 Å². The number of carbonyl (C=O) groups is 1. The first-order valence-electron chi connectivity index (χ1n) is 9.79. The van der Waals surface area contributed by atoms with Crippen LogP contribution in [0.3, 0.4) is 0 Å². The van der Waals surface area contributed by atoms with Gasteiger partial charge in [-0.05, 0) is 41.8 Å². The van der Waals surface area contributed by atoms with Crippen molar-refractivity contribution in [1.82, 2.24) is 15.5 Å². The van der Waals surface area contributed by atoms with Gasteiger partial charge >= 0.3 is 0 Å². The number of fused-ring (bicyclic) bond motifs is 1. The maximum Gasteiger partial charge on any atom is 0.241 e.